The minimum absolute atomic E-state index is 0.0463. The molecule has 4 nitrogen and oxygen atoms in total. The van der Waals surface area contributed by atoms with E-state index in [0.717, 1.165) is 24.8 Å². The molecule has 1 unspecified atom stereocenters. The third kappa shape index (κ3) is 7.60. The molecule has 0 aliphatic carbocycles. The Morgan fingerprint density at radius 3 is 2.43 bits per heavy atom. The Morgan fingerprint density at radius 2 is 1.81 bits per heavy atom. The summed E-state index contributed by atoms with van der Waals surface area (Å²) in [5.41, 5.74) is 1.43. The van der Waals surface area contributed by atoms with Crippen molar-refractivity contribution in [3.8, 4) is 0 Å². The highest BCUT2D eigenvalue weighted by Gasteiger charge is 2.15. The van der Waals surface area contributed by atoms with Crippen molar-refractivity contribution in [3.63, 3.8) is 0 Å². The molecule has 0 aliphatic rings. The predicted octanol–water partition coefficient (Wildman–Crippen LogP) is 2.81. The van der Waals surface area contributed by atoms with Gasteiger partial charge in [0.1, 0.15) is 0 Å². The van der Waals surface area contributed by atoms with Crippen LogP contribution in [0.1, 0.15) is 51.2 Å². The van der Waals surface area contributed by atoms with Crippen molar-refractivity contribution in [2.24, 2.45) is 5.92 Å². The first-order valence-corrected chi connectivity index (χ1v) is 9.16. The minimum atomic E-state index is -3.34. The zero-order valence-electron chi connectivity index (χ0n) is 13.2. The number of hydrogen-bond acceptors (Lipinski definition) is 3. The van der Waals surface area contributed by atoms with Crippen LogP contribution in [0.5, 0.6) is 0 Å². The fraction of sp³-hybridized carbons (Fsp3) is 0.625. The summed E-state index contributed by atoms with van der Waals surface area (Å²) in [5.74, 6) is 0.602. The van der Waals surface area contributed by atoms with E-state index in [4.69, 9.17) is 5.11 Å². The second-order valence-corrected chi connectivity index (χ2v) is 7.83. The summed E-state index contributed by atoms with van der Waals surface area (Å²) in [4.78, 5) is 0. The summed E-state index contributed by atoms with van der Waals surface area (Å²) in [5, 5.41) is 9.08. The van der Waals surface area contributed by atoms with Crippen molar-refractivity contribution in [1.29, 1.82) is 0 Å². The number of sulfonamides is 1. The van der Waals surface area contributed by atoms with E-state index >= 15 is 0 Å². The van der Waals surface area contributed by atoms with E-state index in [1.807, 2.05) is 6.92 Å². The predicted molar refractivity (Wildman–Crippen MR) is 86.3 cm³/mol. The summed E-state index contributed by atoms with van der Waals surface area (Å²) in [6, 6.07) is 6.99. The first kappa shape index (κ1) is 18.1. The van der Waals surface area contributed by atoms with Gasteiger partial charge in [-0.2, -0.15) is 0 Å². The molecule has 1 aromatic rings. The molecule has 0 heterocycles. The van der Waals surface area contributed by atoms with Crippen molar-refractivity contribution in [2.75, 3.05) is 0 Å². The molecule has 21 heavy (non-hydrogen) atoms. The molecule has 0 spiro atoms. The van der Waals surface area contributed by atoms with Gasteiger partial charge in [-0.3, -0.25) is 0 Å². The van der Waals surface area contributed by atoms with Crippen molar-refractivity contribution in [1.82, 2.24) is 4.72 Å². The third-order valence-electron chi connectivity index (χ3n) is 3.33. The maximum absolute atomic E-state index is 12.1. The Labute approximate surface area is 128 Å². The highest BCUT2D eigenvalue weighted by Crippen LogP contribution is 2.12. The van der Waals surface area contributed by atoms with Crippen LogP contribution in [0.2, 0.25) is 0 Å². The van der Waals surface area contributed by atoms with E-state index in [1.165, 1.54) is 0 Å². The molecule has 1 atom stereocenters. The zero-order chi connectivity index (χ0) is 15.9. The maximum Gasteiger partial charge on any atom is 0.216 e. The van der Waals surface area contributed by atoms with Crippen LogP contribution in [0.25, 0.3) is 0 Å². The van der Waals surface area contributed by atoms with E-state index in [-0.39, 0.29) is 18.4 Å². The lowest BCUT2D eigenvalue weighted by Crippen LogP contribution is -2.33. The molecular formula is C16H27NO3S. The van der Waals surface area contributed by atoms with E-state index in [9.17, 15) is 8.42 Å². The van der Waals surface area contributed by atoms with Gasteiger partial charge in [0.25, 0.3) is 0 Å². The summed E-state index contributed by atoms with van der Waals surface area (Å²) in [7, 11) is -3.34. The van der Waals surface area contributed by atoms with Gasteiger partial charge in [0.05, 0.1) is 12.4 Å². The van der Waals surface area contributed by atoms with Gasteiger partial charge >= 0.3 is 0 Å². The second-order valence-electron chi connectivity index (χ2n) is 6.08. The first-order chi connectivity index (χ1) is 9.82. The van der Waals surface area contributed by atoms with Crippen molar-refractivity contribution < 1.29 is 13.5 Å². The Morgan fingerprint density at radius 1 is 1.14 bits per heavy atom. The fourth-order valence-electron chi connectivity index (χ4n) is 2.28. The van der Waals surface area contributed by atoms with Crippen LogP contribution in [-0.2, 0) is 22.4 Å². The number of rotatable bonds is 9. The third-order valence-corrected chi connectivity index (χ3v) is 4.80. The summed E-state index contributed by atoms with van der Waals surface area (Å²) >= 11 is 0. The number of hydrogen-bond donors (Lipinski definition) is 2. The van der Waals surface area contributed by atoms with Crippen LogP contribution in [0.15, 0.2) is 24.3 Å². The normalized spacial score (nSPS) is 13.6. The van der Waals surface area contributed by atoms with Crippen LogP contribution >= 0.6 is 0 Å². The van der Waals surface area contributed by atoms with Gasteiger partial charge in [-0.25, -0.2) is 13.1 Å². The highest BCUT2D eigenvalue weighted by atomic mass is 32.2. The van der Waals surface area contributed by atoms with Crippen LogP contribution in [-0.4, -0.2) is 19.6 Å². The molecule has 0 saturated carbocycles. The number of aliphatic hydroxyl groups is 1. The lowest BCUT2D eigenvalue weighted by atomic mass is 10.0. The van der Waals surface area contributed by atoms with E-state index in [0.29, 0.717) is 11.5 Å². The maximum atomic E-state index is 12.1. The SMILES string of the molecule is CC(C)CCCC(C)NS(=O)(=O)Cc1cccc(CO)c1. The molecule has 1 rings (SSSR count). The quantitative estimate of drug-likeness (QED) is 0.736. The summed E-state index contributed by atoms with van der Waals surface area (Å²) < 4.78 is 27.0. The number of aliphatic hydroxyl groups excluding tert-OH is 1. The molecule has 0 bridgehead atoms. The van der Waals surface area contributed by atoms with E-state index in [1.54, 1.807) is 24.3 Å². The zero-order valence-corrected chi connectivity index (χ0v) is 14.0. The Balaban J connectivity index is 2.52. The average molecular weight is 313 g/mol. The van der Waals surface area contributed by atoms with Gasteiger partial charge < -0.3 is 5.11 Å². The van der Waals surface area contributed by atoms with Crippen LogP contribution in [0, 0.1) is 5.92 Å². The van der Waals surface area contributed by atoms with E-state index < -0.39 is 10.0 Å². The van der Waals surface area contributed by atoms with Gasteiger partial charge in [0, 0.05) is 6.04 Å². The molecule has 0 amide bonds. The van der Waals surface area contributed by atoms with Crippen molar-refractivity contribution >= 4 is 10.0 Å². The molecule has 5 heteroatoms. The molecule has 0 radical (unpaired) electrons. The molecule has 120 valence electrons. The molecule has 0 aromatic heterocycles. The summed E-state index contributed by atoms with van der Waals surface area (Å²) in [6.45, 7) is 6.17. The van der Waals surface area contributed by atoms with Gasteiger partial charge in [-0.1, -0.05) is 51.0 Å². The van der Waals surface area contributed by atoms with Gasteiger partial charge in [0.15, 0.2) is 0 Å². The molecular weight excluding hydrogens is 286 g/mol. The number of benzene rings is 1. The van der Waals surface area contributed by atoms with Crippen molar-refractivity contribution in [3.05, 3.63) is 35.4 Å². The smallest absolute Gasteiger partial charge is 0.216 e. The molecule has 0 fully saturated rings. The van der Waals surface area contributed by atoms with Crippen LogP contribution in [0.3, 0.4) is 0 Å². The number of nitrogens with one attached hydrogen (secondary N) is 1. The Bertz CT molecular complexity index is 526. The molecule has 0 aliphatic heterocycles. The largest absolute Gasteiger partial charge is 0.392 e. The van der Waals surface area contributed by atoms with Gasteiger partial charge in [-0.15, -0.1) is 0 Å². The van der Waals surface area contributed by atoms with Crippen LogP contribution < -0.4 is 4.72 Å². The highest BCUT2D eigenvalue weighted by molar-refractivity contribution is 7.88. The summed E-state index contributed by atoms with van der Waals surface area (Å²) in [6.07, 6.45) is 3.00. The molecule has 2 N–H and O–H groups in total. The fourth-order valence-corrected chi connectivity index (χ4v) is 3.71. The van der Waals surface area contributed by atoms with Gasteiger partial charge in [0.2, 0.25) is 10.0 Å². The van der Waals surface area contributed by atoms with Gasteiger partial charge in [-0.05, 0) is 30.4 Å². The van der Waals surface area contributed by atoms with Crippen LogP contribution in [0.4, 0.5) is 0 Å². The minimum Gasteiger partial charge on any atom is -0.392 e. The van der Waals surface area contributed by atoms with Crippen molar-refractivity contribution in [2.45, 2.75) is 58.4 Å². The Kier molecular flexibility index (Phi) is 7.35. The first-order valence-electron chi connectivity index (χ1n) is 7.51. The lowest BCUT2D eigenvalue weighted by Gasteiger charge is -2.15. The second kappa shape index (κ2) is 8.51. The average Bonchev–Trinajstić information content (AvgIpc) is 2.37. The van der Waals surface area contributed by atoms with E-state index in [2.05, 4.69) is 18.6 Å². The topological polar surface area (TPSA) is 66.4 Å². The monoisotopic (exact) mass is 313 g/mol. The molecule has 0 saturated heterocycles. The lowest BCUT2D eigenvalue weighted by molar-refractivity contribution is 0.282. The molecule has 1 aromatic carbocycles. The standard InChI is InChI=1S/C16H27NO3S/c1-13(2)6-4-7-14(3)17-21(19,20)12-16-9-5-8-15(10-16)11-18/h5,8-10,13-14,17-18H,4,6-7,11-12H2,1-3H3. The Hall–Kier alpha value is -0.910.